The molecule has 28 heavy (non-hydrogen) atoms. The van der Waals surface area contributed by atoms with Crippen molar-refractivity contribution >= 4 is 28.6 Å². The van der Waals surface area contributed by atoms with Crippen molar-refractivity contribution in [2.24, 2.45) is 0 Å². The van der Waals surface area contributed by atoms with Gasteiger partial charge in [0, 0.05) is 25.2 Å². The van der Waals surface area contributed by atoms with Gasteiger partial charge < -0.3 is 14.1 Å². The maximum atomic E-state index is 12.8. The number of ether oxygens (including phenoxy) is 1. The summed E-state index contributed by atoms with van der Waals surface area (Å²) < 4.78 is 11.3. The second kappa shape index (κ2) is 7.80. The summed E-state index contributed by atoms with van der Waals surface area (Å²) in [6.07, 6.45) is 3.15. The van der Waals surface area contributed by atoms with Gasteiger partial charge >= 0.3 is 0 Å². The van der Waals surface area contributed by atoms with E-state index in [1.54, 1.807) is 6.07 Å². The van der Waals surface area contributed by atoms with Crippen LogP contribution in [-0.2, 0) is 0 Å². The molecule has 0 aliphatic carbocycles. The monoisotopic (exact) mass is 399 g/mol. The van der Waals surface area contributed by atoms with Gasteiger partial charge in [0.2, 0.25) is 5.88 Å². The summed E-state index contributed by atoms with van der Waals surface area (Å²) in [6, 6.07) is 7.60. The maximum absolute atomic E-state index is 12.8. The van der Waals surface area contributed by atoms with Crippen LogP contribution in [0.15, 0.2) is 34.9 Å². The summed E-state index contributed by atoms with van der Waals surface area (Å²) in [5.41, 5.74) is 3.31. The highest BCUT2D eigenvalue weighted by atomic mass is 35.5. The zero-order chi connectivity index (χ0) is 19.7. The molecule has 1 fully saturated rings. The molecule has 0 saturated carbocycles. The van der Waals surface area contributed by atoms with Crippen LogP contribution in [0.3, 0.4) is 0 Å². The number of likely N-dealkylation sites (tertiary alicyclic amines) is 1. The number of fused-ring (bicyclic) bond motifs is 1. The number of oxazole rings is 1. The first kappa shape index (κ1) is 18.7. The minimum absolute atomic E-state index is 0.0655. The van der Waals surface area contributed by atoms with E-state index in [9.17, 15) is 4.79 Å². The third kappa shape index (κ3) is 3.56. The Hall–Kier alpha value is -2.60. The summed E-state index contributed by atoms with van der Waals surface area (Å²) in [6.45, 7) is 5.65. The second-order valence-electron chi connectivity index (χ2n) is 6.99. The van der Waals surface area contributed by atoms with Gasteiger partial charge in [-0.3, -0.25) is 4.79 Å². The fourth-order valence-corrected chi connectivity index (χ4v) is 3.80. The highest BCUT2D eigenvalue weighted by molar-refractivity contribution is 6.32. The summed E-state index contributed by atoms with van der Waals surface area (Å²) in [5.74, 6) is 1.27. The standard InChI is InChI=1S/C21H22ClN3O3/c1-3-27-20-16(22)11-15(12-23-20)21(26)25-9-7-14(8-10-25)19-24-17-6-4-5-13(2)18(17)28-19/h4-6,11-12,14H,3,7-10H2,1-2H3. The van der Waals surface area contributed by atoms with Crippen molar-refractivity contribution in [3.05, 3.63) is 52.5 Å². The molecule has 1 amide bonds. The van der Waals surface area contributed by atoms with Gasteiger partial charge in [-0.05, 0) is 44.4 Å². The smallest absolute Gasteiger partial charge is 0.255 e. The molecule has 0 N–H and O–H groups in total. The molecule has 6 nitrogen and oxygen atoms in total. The minimum Gasteiger partial charge on any atom is -0.477 e. The van der Waals surface area contributed by atoms with Crippen molar-refractivity contribution in [1.82, 2.24) is 14.9 Å². The number of aromatic nitrogens is 2. The number of hydrogen-bond donors (Lipinski definition) is 0. The molecule has 3 heterocycles. The number of carbonyl (C=O) groups is 1. The number of carbonyl (C=O) groups excluding carboxylic acids is 1. The van der Waals surface area contributed by atoms with E-state index in [0.717, 1.165) is 35.4 Å². The molecule has 0 bridgehead atoms. The van der Waals surface area contributed by atoms with E-state index in [1.807, 2.05) is 36.9 Å². The quantitative estimate of drug-likeness (QED) is 0.641. The van der Waals surface area contributed by atoms with Crippen molar-refractivity contribution in [2.45, 2.75) is 32.6 Å². The van der Waals surface area contributed by atoms with Gasteiger partial charge in [0.15, 0.2) is 11.5 Å². The largest absolute Gasteiger partial charge is 0.477 e. The molecule has 146 valence electrons. The Kier molecular flexibility index (Phi) is 5.22. The van der Waals surface area contributed by atoms with Crippen LogP contribution in [0.25, 0.3) is 11.1 Å². The Labute approximate surface area is 168 Å². The van der Waals surface area contributed by atoms with Crippen LogP contribution < -0.4 is 4.74 Å². The Morgan fingerprint density at radius 2 is 2.14 bits per heavy atom. The minimum atomic E-state index is -0.0655. The van der Waals surface area contributed by atoms with E-state index >= 15 is 0 Å². The fourth-order valence-electron chi connectivity index (χ4n) is 3.58. The first-order valence-electron chi connectivity index (χ1n) is 9.50. The van der Waals surface area contributed by atoms with Crippen LogP contribution in [0.5, 0.6) is 5.88 Å². The Morgan fingerprint density at radius 3 is 2.82 bits per heavy atom. The van der Waals surface area contributed by atoms with Crippen LogP contribution in [-0.4, -0.2) is 40.5 Å². The first-order valence-corrected chi connectivity index (χ1v) is 9.88. The Morgan fingerprint density at radius 1 is 1.36 bits per heavy atom. The third-order valence-corrected chi connectivity index (χ3v) is 5.37. The molecule has 1 aliphatic rings. The molecule has 1 aliphatic heterocycles. The topological polar surface area (TPSA) is 68.5 Å². The van der Waals surface area contributed by atoms with Crippen molar-refractivity contribution in [1.29, 1.82) is 0 Å². The number of pyridine rings is 1. The van der Waals surface area contributed by atoms with Crippen molar-refractivity contribution in [3.63, 3.8) is 0 Å². The van der Waals surface area contributed by atoms with E-state index in [-0.39, 0.29) is 11.8 Å². The van der Waals surface area contributed by atoms with Crippen LogP contribution in [0.2, 0.25) is 5.02 Å². The van der Waals surface area contributed by atoms with Crippen LogP contribution in [0.1, 0.15) is 47.5 Å². The van der Waals surface area contributed by atoms with Crippen molar-refractivity contribution in [2.75, 3.05) is 19.7 Å². The molecular weight excluding hydrogens is 378 g/mol. The zero-order valence-electron chi connectivity index (χ0n) is 15.9. The Bertz CT molecular complexity index is 1010. The summed E-state index contributed by atoms with van der Waals surface area (Å²) in [5, 5.41) is 0.351. The van der Waals surface area contributed by atoms with Gasteiger partial charge in [-0.2, -0.15) is 0 Å². The predicted molar refractivity (Wildman–Crippen MR) is 107 cm³/mol. The molecule has 0 atom stereocenters. The molecule has 0 spiro atoms. The van der Waals surface area contributed by atoms with E-state index in [1.165, 1.54) is 6.20 Å². The average Bonchev–Trinajstić information content (AvgIpc) is 3.15. The zero-order valence-corrected chi connectivity index (χ0v) is 16.7. The van der Waals surface area contributed by atoms with Gasteiger partial charge in [0.05, 0.1) is 12.2 Å². The van der Waals surface area contributed by atoms with Crippen molar-refractivity contribution < 1.29 is 13.9 Å². The number of piperidine rings is 1. The van der Waals surface area contributed by atoms with Crippen LogP contribution in [0.4, 0.5) is 0 Å². The molecule has 1 saturated heterocycles. The van der Waals surface area contributed by atoms with E-state index in [4.69, 9.17) is 20.8 Å². The van der Waals surface area contributed by atoms with Crippen molar-refractivity contribution in [3.8, 4) is 5.88 Å². The SMILES string of the molecule is CCOc1ncc(C(=O)N2CCC(c3nc4cccc(C)c4o3)CC2)cc1Cl. The lowest BCUT2D eigenvalue weighted by Gasteiger charge is -2.30. The third-order valence-electron chi connectivity index (χ3n) is 5.10. The first-order chi connectivity index (χ1) is 13.6. The van der Waals surface area contributed by atoms with Gasteiger partial charge in [-0.15, -0.1) is 0 Å². The van der Waals surface area contributed by atoms with Gasteiger partial charge in [0.1, 0.15) is 10.5 Å². The molecular formula is C21H22ClN3O3. The summed E-state index contributed by atoms with van der Waals surface area (Å²) >= 11 is 6.17. The van der Waals surface area contributed by atoms with Crippen LogP contribution in [0, 0.1) is 6.92 Å². The molecule has 2 aromatic heterocycles. The van der Waals surface area contributed by atoms with E-state index in [2.05, 4.69) is 9.97 Å². The summed E-state index contributed by atoms with van der Waals surface area (Å²) in [7, 11) is 0. The number of benzene rings is 1. The molecule has 1 aromatic carbocycles. The lowest BCUT2D eigenvalue weighted by Crippen LogP contribution is -2.38. The summed E-state index contributed by atoms with van der Waals surface area (Å²) in [4.78, 5) is 23.4. The molecule has 4 rings (SSSR count). The molecule has 3 aromatic rings. The lowest BCUT2D eigenvalue weighted by molar-refractivity contribution is 0.0706. The van der Waals surface area contributed by atoms with Crippen LogP contribution >= 0.6 is 11.6 Å². The Balaban J connectivity index is 1.44. The highest BCUT2D eigenvalue weighted by Gasteiger charge is 2.28. The van der Waals surface area contributed by atoms with Gasteiger partial charge in [-0.25, -0.2) is 9.97 Å². The second-order valence-corrected chi connectivity index (χ2v) is 7.39. The molecule has 0 unspecified atom stereocenters. The molecule has 0 radical (unpaired) electrons. The van der Waals surface area contributed by atoms with E-state index < -0.39 is 0 Å². The molecule has 7 heteroatoms. The number of amides is 1. The highest BCUT2D eigenvalue weighted by Crippen LogP contribution is 2.32. The normalized spacial score (nSPS) is 15.2. The number of hydrogen-bond acceptors (Lipinski definition) is 5. The van der Waals surface area contributed by atoms with Gasteiger partial charge in [0.25, 0.3) is 5.91 Å². The number of rotatable bonds is 4. The predicted octanol–water partition coefficient (Wildman–Crippen LogP) is 4.60. The maximum Gasteiger partial charge on any atom is 0.255 e. The fraction of sp³-hybridized carbons (Fsp3) is 0.381. The number of aryl methyl sites for hydroxylation is 1. The van der Waals surface area contributed by atoms with Gasteiger partial charge in [-0.1, -0.05) is 23.7 Å². The van der Waals surface area contributed by atoms with E-state index in [0.29, 0.717) is 36.2 Å². The number of halogens is 1. The average molecular weight is 400 g/mol. The lowest BCUT2D eigenvalue weighted by atomic mass is 9.96. The number of para-hydroxylation sites is 1. The number of nitrogens with zero attached hydrogens (tertiary/aromatic N) is 3.